The molecule has 0 saturated carbocycles. The van der Waals surface area contributed by atoms with Crippen molar-refractivity contribution in [2.24, 2.45) is 0 Å². The molecule has 0 heterocycles. The molecule has 1 rings (SSSR count). The van der Waals surface area contributed by atoms with Gasteiger partial charge in [-0.15, -0.1) is 0 Å². The van der Waals surface area contributed by atoms with Crippen LogP contribution in [-0.2, 0) is 0 Å². The second kappa shape index (κ2) is 3.65. The third kappa shape index (κ3) is 1.76. The van der Waals surface area contributed by atoms with Gasteiger partial charge in [0.05, 0.1) is 5.76 Å². The summed E-state index contributed by atoms with van der Waals surface area (Å²) in [6, 6.07) is 0. The molecule has 0 amide bonds. The van der Waals surface area contributed by atoms with Crippen LogP contribution >= 0.6 is 0 Å². The van der Waals surface area contributed by atoms with Gasteiger partial charge in [-0.2, -0.15) is 0 Å². The molecule has 1 aliphatic rings. The van der Waals surface area contributed by atoms with E-state index < -0.39 is 0 Å². The fourth-order valence-electron chi connectivity index (χ4n) is 1.27. The number of unbranched alkanes of at least 4 members (excludes halogenated alkanes) is 2. The first-order chi connectivity index (χ1) is 4.84. The Morgan fingerprint density at radius 1 is 1.30 bits per heavy atom. The van der Waals surface area contributed by atoms with E-state index in [1.807, 2.05) is 0 Å². The highest BCUT2D eigenvalue weighted by atomic mass is 16.3. The second-order valence-electron chi connectivity index (χ2n) is 3.01. The molecule has 10 heavy (non-hydrogen) atoms. The fraction of sp³-hybridized carbons (Fsp3) is 0.778. The predicted molar refractivity (Wildman–Crippen MR) is 43.0 cm³/mol. The Hall–Kier alpha value is -0.460. The number of hydrogen-bond acceptors (Lipinski definition) is 1. The average Bonchev–Trinajstić information content (AvgIpc) is 1.95. The van der Waals surface area contributed by atoms with Crippen molar-refractivity contribution in [2.45, 2.75) is 45.4 Å². The summed E-state index contributed by atoms with van der Waals surface area (Å²) in [5, 5.41) is 9.09. The van der Waals surface area contributed by atoms with E-state index in [4.69, 9.17) is 5.11 Å². The van der Waals surface area contributed by atoms with Crippen molar-refractivity contribution in [1.29, 1.82) is 0 Å². The Labute approximate surface area is 62.8 Å². The highest BCUT2D eigenvalue weighted by Gasteiger charge is 2.14. The molecule has 1 heteroatoms. The zero-order chi connectivity index (χ0) is 7.40. The van der Waals surface area contributed by atoms with E-state index in [9.17, 15) is 0 Å². The topological polar surface area (TPSA) is 20.2 Å². The molecule has 0 fully saturated rings. The molecule has 0 radical (unpaired) electrons. The van der Waals surface area contributed by atoms with Crippen LogP contribution in [0.5, 0.6) is 0 Å². The number of hydrogen-bond donors (Lipinski definition) is 1. The molecule has 58 valence electrons. The maximum absolute atomic E-state index is 9.09. The summed E-state index contributed by atoms with van der Waals surface area (Å²) in [6.07, 6.45) is 7.05. The van der Waals surface area contributed by atoms with Gasteiger partial charge in [0.1, 0.15) is 0 Å². The number of rotatable bonds is 4. The summed E-state index contributed by atoms with van der Waals surface area (Å²) < 4.78 is 0. The smallest absolute Gasteiger partial charge is 0.0917 e. The Bertz CT molecular complexity index is 136. The summed E-state index contributed by atoms with van der Waals surface area (Å²) in [4.78, 5) is 0. The third-order valence-corrected chi connectivity index (χ3v) is 2.15. The normalized spacial score (nSPS) is 17.3. The molecule has 0 aromatic heterocycles. The Kier molecular flexibility index (Phi) is 2.79. The van der Waals surface area contributed by atoms with E-state index in [-0.39, 0.29) is 0 Å². The molecule has 0 aromatic carbocycles. The van der Waals surface area contributed by atoms with Gasteiger partial charge in [0, 0.05) is 6.42 Å². The van der Waals surface area contributed by atoms with Crippen LogP contribution < -0.4 is 0 Å². The quantitative estimate of drug-likeness (QED) is 0.594. The largest absolute Gasteiger partial charge is 0.512 e. The Balaban J connectivity index is 2.09. The van der Waals surface area contributed by atoms with Crippen LogP contribution in [0, 0.1) is 0 Å². The zero-order valence-electron chi connectivity index (χ0n) is 6.69. The van der Waals surface area contributed by atoms with E-state index in [1.165, 1.54) is 24.8 Å². The van der Waals surface area contributed by atoms with E-state index in [1.54, 1.807) is 0 Å². The van der Waals surface area contributed by atoms with Crippen molar-refractivity contribution >= 4 is 0 Å². The van der Waals surface area contributed by atoms with Crippen molar-refractivity contribution in [3.63, 3.8) is 0 Å². The van der Waals surface area contributed by atoms with Crippen LogP contribution in [0.4, 0.5) is 0 Å². The maximum atomic E-state index is 9.09. The lowest BCUT2D eigenvalue weighted by atomic mass is 9.92. The van der Waals surface area contributed by atoms with Crippen molar-refractivity contribution < 1.29 is 5.11 Å². The van der Waals surface area contributed by atoms with E-state index >= 15 is 0 Å². The minimum Gasteiger partial charge on any atom is -0.512 e. The molecule has 1 nitrogen and oxygen atoms in total. The summed E-state index contributed by atoms with van der Waals surface area (Å²) in [6.45, 7) is 2.20. The molecule has 0 bridgehead atoms. The van der Waals surface area contributed by atoms with Crippen LogP contribution in [-0.4, -0.2) is 5.11 Å². The third-order valence-electron chi connectivity index (χ3n) is 2.15. The average molecular weight is 140 g/mol. The Morgan fingerprint density at radius 2 is 2.10 bits per heavy atom. The summed E-state index contributed by atoms with van der Waals surface area (Å²) in [7, 11) is 0. The lowest BCUT2D eigenvalue weighted by Gasteiger charge is -2.18. The second-order valence-corrected chi connectivity index (χ2v) is 3.01. The van der Waals surface area contributed by atoms with Gasteiger partial charge in [0.2, 0.25) is 0 Å². The van der Waals surface area contributed by atoms with Crippen LogP contribution in [0.3, 0.4) is 0 Å². The van der Waals surface area contributed by atoms with Gasteiger partial charge in [0.15, 0.2) is 0 Å². The summed E-state index contributed by atoms with van der Waals surface area (Å²) in [5.41, 5.74) is 1.31. The molecule has 1 aliphatic carbocycles. The highest BCUT2D eigenvalue weighted by molar-refractivity contribution is 5.17. The lowest BCUT2D eigenvalue weighted by molar-refractivity contribution is 0.344. The standard InChI is InChI=1S/C9H16O/c1-2-3-4-5-8-6-7-9(8)10/h10H,2-7H2,1H3. The number of aliphatic hydroxyl groups is 1. The molecular weight excluding hydrogens is 124 g/mol. The van der Waals surface area contributed by atoms with Gasteiger partial charge >= 0.3 is 0 Å². The monoisotopic (exact) mass is 140 g/mol. The minimum atomic E-state index is 0.677. The van der Waals surface area contributed by atoms with Crippen molar-refractivity contribution in [2.75, 3.05) is 0 Å². The maximum Gasteiger partial charge on any atom is 0.0917 e. The van der Waals surface area contributed by atoms with Gasteiger partial charge < -0.3 is 5.11 Å². The van der Waals surface area contributed by atoms with Crippen LogP contribution in [0.1, 0.15) is 45.4 Å². The first-order valence-electron chi connectivity index (χ1n) is 4.24. The van der Waals surface area contributed by atoms with Crippen molar-refractivity contribution in [3.05, 3.63) is 11.3 Å². The van der Waals surface area contributed by atoms with E-state index in [2.05, 4.69) is 6.92 Å². The van der Waals surface area contributed by atoms with Gasteiger partial charge in [-0.25, -0.2) is 0 Å². The van der Waals surface area contributed by atoms with Crippen LogP contribution in [0.2, 0.25) is 0 Å². The van der Waals surface area contributed by atoms with Gasteiger partial charge in [0.25, 0.3) is 0 Å². The molecule has 0 saturated heterocycles. The number of aliphatic hydroxyl groups excluding tert-OH is 1. The molecule has 0 unspecified atom stereocenters. The number of allylic oxidation sites excluding steroid dienone is 2. The predicted octanol–water partition coefficient (Wildman–Crippen LogP) is 3.17. The van der Waals surface area contributed by atoms with Crippen LogP contribution in [0.25, 0.3) is 0 Å². The fourth-order valence-corrected chi connectivity index (χ4v) is 1.27. The SMILES string of the molecule is CCCCCC1=C(O)CC1. The molecule has 1 N–H and O–H groups in total. The highest BCUT2D eigenvalue weighted by Crippen LogP contribution is 2.29. The molecule has 0 spiro atoms. The van der Waals surface area contributed by atoms with Crippen molar-refractivity contribution in [1.82, 2.24) is 0 Å². The van der Waals surface area contributed by atoms with Crippen LogP contribution in [0.15, 0.2) is 11.3 Å². The van der Waals surface area contributed by atoms with E-state index in [0.717, 1.165) is 19.3 Å². The molecule has 0 aliphatic heterocycles. The van der Waals surface area contributed by atoms with Gasteiger partial charge in [-0.05, 0) is 24.8 Å². The van der Waals surface area contributed by atoms with E-state index in [0.29, 0.717) is 5.76 Å². The Morgan fingerprint density at radius 3 is 2.50 bits per heavy atom. The van der Waals surface area contributed by atoms with Gasteiger partial charge in [-0.3, -0.25) is 0 Å². The summed E-state index contributed by atoms with van der Waals surface area (Å²) in [5.74, 6) is 0.677. The first-order valence-corrected chi connectivity index (χ1v) is 4.24. The zero-order valence-corrected chi connectivity index (χ0v) is 6.69. The first kappa shape index (κ1) is 7.64. The molecular formula is C9H16O. The van der Waals surface area contributed by atoms with Gasteiger partial charge in [-0.1, -0.05) is 19.8 Å². The lowest BCUT2D eigenvalue weighted by Crippen LogP contribution is -2.02. The minimum absolute atomic E-state index is 0.677. The van der Waals surface area contributed by atoms with Crippen molar-refractivity contribution in [3.8, 4) is 0 Å². The summed E-state index contributed by atoms with van der Waals surface area (Å²) >= 11 is 0. The molecule has 0 aromatic rings. The molecule has 0 atom stereocenters.